The van der Waals surface area contributed by atoms with E-state index in [1.165, 1.54) is 0 Å². The third-order valence-electron chi connectivity index (χ3n) is 4.67. The maximum absolute atomic E-state index is 11.6. The van der Waals surface area contributed by atoms with Crippen molar-refractivity contribution in [1.82, 2.24) is 19.9 Å². The van der Waals surface area contributed by atoms with Gasteiger partial charge in [0, 0.05) is 54.8 Å². The van der Waals surface area contributed by atoms with Gasteiger partial charge in [0.25, 0.3) is 0 Å². The molecule has 0 saturated carbocycles. The summed E-state index contributed by atoms with van der Waals surface area (Å²) in [5.74, 6) is 1.21. The number of nitrogens with one attached hydrogen (secondary N) is 2. The third-order valence-corrected chi connectivity index (χ3v) is 4.67. The standard InChI is InChI=1S/C19H22N6O/c20-19-23-16(13-4-5-15-14(11-13)6-8-21-15)12-17(24-19)22-7-2-10-25-9-1-3-18(25)26/h4-6,8,11-12,21H,1-3,7,9-10H2,(H3,20,22,23,24). The lowest BCUT2D eigenvalue weighted by atomic mass is 10.1. The van der Waals surface area contributed by atoms with Crippen LogP contribution in [0.5, 0.6) is 0 Å². The summed E-state index contributed by atoms with van der Waals surface area (Å²) >= 11 is 0. The lowest BCUT2D eigenvalue weighted by Gasteiger charge is -2.15. The van der Waals surface area contributed by atoms with E-state index in [-0.39, 0.29) is 11.9 Å². The van der Waals surface area contributed by atoms with E-state index in [9.17, 15) is 4.79 Å². The van der Waals surface area contributed by atoms with Gasteiger partial charge in [-0.2, -0.15) is 4.98 Å². The molecule has 26 heavy (non-hydrogen) atoms. The highest BCUT2D eigenvalue weighted by Gasteiger charge is 2.18. The molecule has 7 nitrogen and oxygen atoms in total. The van der Waals surface area contributed by atoms with Crippen molar-refractivity contribution in [3.8, 4) is 11.3 Å². The predicted molar refractivity (Wildman–Crippen MR) is 103 cm³/mol. The molecule has 1 aliphatic heterocycles. The molecule has 7 heteroatoms. The van der Waals surface area contributed by atoms with Gasteiger partial charge in [0.1, 0.15) is 5.82 Å². The van der Waals surface area contributed by atoms with Crippen LogP contribution in [0.25, 0.3) is 22.2 Å². The highest BCUT2D eigenvalue weighted by Crippen LogP contribution is 2.24. The van der Waals surface area contributed by atoms with E-state index >= 15 is 0 Å². The number of likely N-dealkylation sites (tertiary alicyclic amines) is 1. The van der Waals surface area contributed by atoms with Crippen molar-refractivity contribution in [2.45, 2.75) is 19.3 Å². The van der Waals surface area contributed by atoms with E-state index in [1.807, 2.05) is 35.4 Å². The van der Waals surface area contributed by atoms with Crippen LogP contribution in [0.4, 0.5) is 11.8 Å². The molecular formula is C19H22N6O. The molecule has 2 aromatic heterocycles. The fourth-order valence-corrected chi connectivity index (χ4v) is 3.34. The molecule has 3 heterocycles. The molecule has 1 aliphatic rings. The van der Waals surface area contributed by atoms with Crippen molar-refractivity contribution < 1.29 is 4.79 Å². The first-order valence-corrected chi connectivity index (χ1v) is 8.93. The summed E-state index contributed by atoms with van der Waals surface area (Å²) in [5.41, 5.74) is 8.77. The second-order valence-corrected chi connectivity index (χ2v) is 6.54. The van der Waals surface area contributed by atoms with Gasteiger partial charge in [-0.05, 0) is 31.0 Å². The number of nitrogen functional groups attached to an aromatic ring is 1. The van der Waals surface area contributed by atoms with E-state index in [1.54, 1.807) is 0 Å². The van der Waals surface area contributed by atoms with Crippen LogP contribution in [0.2, 0.25) is 0 Å². The molecule has 0 unspecified atom stereocenters. The molecule has 0 atom stereocenters. The van der Waals surface area contributed by atoms with Gasteiger partial charge in [0.05, 0.1) is 5.69 Å². The zero-order valence-corrected chi connectivity index (χ0v) is 14.5. The average Bonchev–Trinajstić information content (AvgIpc) is 3.26. The quantitative estimate of drug-likeness (QED) is 0.594. The van der Waals surface area contributed by atoms with E-state index in [4.69, 9.17) is 5.73 Å². The van der Waals surface area contributed by atoms with Gasteiger partial charge >= 0.3 is 0 Å². The van der Waals surface area contributed by atoms with Crippen LogP contribution < -0.4 is 11.1 Å². The molecule has 1 amide bonds. The Morgan fingerprint density at radius 2 is 2.15 bits per heavy atom. The van der Waals surface area contributed by atoms with Gasteiger partial charge in [-0.1, -0.05) is 6.07 Å². The molecule has 0 radical (unpaired) electrons. The Kier molecular flexibility index (Phi) is 4.43. The summed E-state index contributed by atoms with van der Waals surface area (Å²) < 4.78 is 0. The molecule has 0 bridgehead atoms. The van der Waals surface area contributed by atoms with Gasteiger partial charge < -0.3 is 20.9 Å². The summed E-state index contributed by atoms with van der Waals surface area (Å²) in [5, 5.41) is 4.42. The Morgan fingerprint density at radius 1 is 1.23 bits per heavy atom. The fraction of sp³-hybridized carbons (Fsp3) is 0.316. The molecule has 4 N–H and O–H groups in total. The number of carbonyl (C=O) groups is 1. The molecule has 0 aliphatic carbocycles. The van der Waals surface area contributed by atoms with Gasteiger partial charge in [0.15, 0.2) is 0 Å². The Labute approximate surface area is 151 Å². The van der Waals surface area contributed by atoms with Gasteiger partial charge in [-0.25, -0.2) is 4.98 Å². The zero-order valence-electron chi connectivity index (χ0n) is 14.5. The SMILES string of the molecule is Nc1nc(NCCCN2CCCC2=O)cc(-c2ccc3[nH]ccc3c2)n1. The first-order chi connectivity index (χ1) is 12.7. The molecule has 134 valence electrons. The van der Waals surface area contributed by atoms with Crippen molar-refractivity contribution in [3.05, 3.63) is 36.5 Å². The molecule has 0 spiro atoms. The number of amides is 1. The second-order valence-electron chi connectivity index (χ2n) is 6.54. The number of rotatable bonds is 6. The Morgan fingerprint density at radius 3 is 3.00 bits per heavy atom. The summed E-state index contributed by atoms with van der Waals surface area (Å²) in [7, 11) is 0. The van der Waals surface area contributed by atoms with Crippen LogP contribution in [0, 0.1) is 0 Å². The number of nitrogens with zero attached hydrogens (tertiary/aromatic N) is 3. The van der Waals surface area contributed by atoms with Crippen LogP contribution >= 0.6 is 0 Å². The summed E-state index contributed by atoms with van der Waals surface area (Å²) in [4.78, 5) is 25.4. The molecule has 3 aromatic rings. The van der Waals surface area contributed by atoms with Gasteiger partial charge in [0.2, 0.25) is 11.9 Å². The van der Waals surface area contributed by atoms with Crippen LogP contribution in [0.15, 0.2) is 36.5 Å². The zero-order chi connectivity index (χ0) is 17.9. The minimum absolute atomic E-state index is 0.244. The van der Waals surface area contributed by atoms with Crippen LogP contribution in [0.3, 0.4) is 0 Å². The maximum Gasteiger partial charge on any atom is 0.222 e. The summed E-state index contributed by atoms with van der Waals surface area (Å²) in [6.45, 7) is 2.39. The largest absolute Gasteiger partial charge is 0.370 e. The van der Waals surface area contributed by atoms with Crippen molar-refractivity contribution in [3.63, 3.8) is 0 Å². The molecular weight excluding hydrogens is 328 g/mol. The molecule has 4 rings (SSSR count). The van der Waals surface area contributed by atoms with E-state index in [0.717, 1.165) is 54.6 Å². The first-order valence-electron chi connectivity index (χ1n) is 8.93. The molecule has 1 saturated heterocycles. The number of hydrogen-bond acceptors (Lipinski definition) is 5. The fourth-order valence-electron chi connectivity index (χ4n) is 3.34. The van der Waals surface area contributed by atoms with Crippen molar-refractivity contribution in [1.29, 1.82) is 0 Å². The number of aromatic nitrogens is 3. The number of hydrogen-bond donors (Lipinski definition) is 3. The molecule has 1 aromatic carbocycles. The predicted octanol–water partition coefficient (Wildman–Crippen LogP) is 2.63. The van der Waals surface area contributed by atoms with E-state index in [2.05, 4.69) is 26.3 Å². The number of nitrogens with two attached hydrogens (primary N) is 1. The Balaban J connectivity index is 1.43. The lowest BCUT2D eigenvalue weighted by molar-refractivity contribution is -0.127. The first kappa shape index (κ1) is 16.4. The number of fused-ring (bicyclic) bond motifs is 1. The lowest BCUT2D eigenvalue weighted by Crippen LogP contribution is -2.27. The number of anilines is 2. The maximum atomic E-state index is 11.6. The minimum Gasteiger partial charge on any atom is -0.370 e. The third kappa shape index (κ3) is 3.46. The molecule has 1 fully saturated rings. The van der Waals surface area contributed by atoms with E-state index < -0.39 is 0 Å². The van der Waals surface area contributed by atoms with Crippen molar-refractivity contribution in [2.24, 2.45) is 0 Å². The van der Waals surface area contributed by atoms with Crippen molar-refractivity contribution in [2.75, 3.05) is 30.7 Å². The summed E-state index contributed by atoms with van der Waals surface area (Å²) in [6.07, 6.45) is 4.45. The number of H-pyrrole nitrogens is 1. The van der Waals surface area contributed by atoms with Crippen LogP contribution in [0.1, 0.15) is 19.3 Å². The topological polar surface area (TPSA) is 99.9 Å². The smallest absolute Gasteiger partial charge is 0.222 e. The Hall–Kier alpha value is -3.09. The number of benzene rings is 1. The van der Waals surface area contributed by atoms with Crippen molar-refractivity contribution >= 4 is 28.6 Å². The number of aromatic amines is 1. The normalized spacial score (nSPS) is 14.3. The van der Waals surface area contributed by atoms with Crippen LogP contribution in [-0.4, -0.2) is 45.4 Å². The number of carbonyl (C=O) groups excluding carboxylic acids is 1. The minimum atomic E-state index is 0.244. The highest BCUT2D eigenvalue weighted by atomic mass is 16.2. The van der Waals surface area contributed by atoms with Gasteiger partial charge in [-0.3, -0.25) is 4.79 Å². The monoisotopic (exact) mass is 350 g/mol. The summed E-state index contributed by atoms with van der Waals surface area (Å²) in [6, 6.07) is 10.1. The average molecular weight is 350 g/mol. The highest BCUT2D eigenvalue weighted by molar-refractivity contribution is 5.84. The van der Waals surface area contributed by atoms with E-state index in [0.29, 0.717) is 12.2 Å². The van der Waals surface area contributed by atoms with Crippen LogP contribution in [-0.2, 0) is 4.79 Å². The van der Waals surface area contributed by atoms with Gasteiger partial charge in [-0.15, -0.1) is 0 Å². The second kappa shape index (κ2) is 7.03. The Bertz CT molecular complexity index is 935.